The van der Waals surface area contributed by atoms with Crippen molar-refractivity contribution in [2.45, 2.75) is 44.7 Å². The van der Waals surface area contributed by atoms with E-state index in [-0.39, 0.29) is 0 Å². The number of allylic oxidation sites excluding steroid dienone is 2. The molecule has 0 amide bonds. The van der Waals surface area contributed by atoms with Crippen LogP contribution in [0.2, 0.25) is 0 Å². The quantitative estimate of drug-likeness (QED) is 0.783. The number of fused-ring (bicyclic) bond motifs is 2. The Bertz CT molecular complexity index is 488. The molecule has 3 aliphatic carbocycles. The van der Waals surface area contributed by atoms with Crippen LogP contribution in [0.25, 0.3) is 0 Å². The predicted molar refractivity (Wildman–Crippen MR) is 83.3 cm³/mol. The smallest absolute Gasteiger partial charge is 0.0351 e. The van der Waals surface area contributed by atoms with Gasteiger partial charge in [0.2, 0.25) is 0 Å². The topological polar surface area (TPSA) is 12.0 Å². The second kappa shape index (κ2) is 5.04. The van der Waals surface area contributed by atoms with Gasteiger partial charge >= 0.3 is 0 Å². The van der Waals surface area contributed by atoms with Gasteiger partial charge in [0.05, 0.1) is 0 Å². The Hall–Kier alpha value is -1.08. The Labute approximate surface area is 122 Å². The van der Waals surface area contributed by atoms with Crippen molar-refractivity contribution < 1.29 is 0 Å². The van der Waals surface area contributed by atoms with Crippen LogP contribution in [0.3, 0.4) is 0 Å². The molecule has 1 heteroatoms. The molecule has 2 saturated carbocycles. The largest absolute Gasteiger partial charge is 0.307 e. The summed E-state index contributed by atoms with van der Waals surface area (Å²) in [4.78, 5) is 0. The zero-order chi connectivity index (χ0) is 13.5. The first-order valence-electron chi connectivity index (χ1n) is 8.30. The average Bonchev–Trinajstić information content (AvgIpc) is 3.10. The Kier molecular flexibility index (Phi) is 3.18. The molecule has 0 aromatic heterocycles. The van der Waals surface area contributed by atoms with E-state index < -0.39 is 0 Å². The number of benzene rings is 1. The second-order valence-electron chi connectivity index (χ2n) is 7.13. The summed E-state index contributed by atoms with van der Waals surface area (Å²) in [5.41, 5.74) is 1.49. The molecule has 0 spiro atoms. The summed E-state index contributed by atoms with van der Waals surface area (Å²) in [5.74, 6) is 3.45. The fraction of sp³-hybridized carbons (Fsp3) is 0.579. The highest BCUT2D eigenvalue weighted by atomic mass is 15.0. The number of hydrogen-bond donors (Lipinski definition) is 1. The third kappa shape index (κ3) is 2.33. The third-order valence-electron chi connectivity index (χ3n) is 5.67. The molecule has 4 rings (SSSR count). The highest BCUT2D eigenvalue weighted by Gasteiger charge is 2.40. The summed E-state index contributed by atoms with van der Waals surface area (Å²) in [6.07, 6.45) is 10.5. The van der Waals surface area contributed by atoms with Gasteiger partial charge in [0.15, 0.2) is 0 Å². The van der Waals surface area contributed by atoms with E-state index in [9.17, 15) is 0 Å². The van der Waals surface area contributed by atoms with Crippen LogP contribution in [0.15, 0.2) is 42.5 Å². The van der Waals surface area contributed by atoms with Gasteiger partial charge in [-0.1, -0.05) is 42.5 Å². The summed E-state index contributed by atoms with van der Waals surface area (Å²) >= 11 is 0. The highest BCUT2D eigenvalue weighted by molar-refractivity contribution is 5.21. The minimum absolute atomic E-state index is 0.578. The maximum Gasteiger partial charge on any atom is 0.0351 e. The van der Waals surface area contributed by atoms with Crippen molar-refractivity contribution in [2.24, 2.45) is 23.7 Å². The van der Waals surface area contributed by atoms with Crippen molar-refractivity contribution in [2.75, 3.05) is 0 Å². The van der Waals surface area contributed by atoms with E-state index in [2.05, 4.69) is 54.7 Å². The standard InChI is InChI=1S/C19H25N/c1-13(18-12-14-7-8-17(18)11-14)20-19(16-9-10-16)15-5-3-2-4-6-15/h2-8,13-14,16-20H,9-12H2,1H3. The van der Waals surface area contributed by atoms with Gasteiger partial charge in [0.1, 0.15) is 0 Å². The maximum atomic E-state index is 3.99. The number of nitrogens with one attached hydrogen (secondary N) is 1. The van der Waals surface area contributed by atoms with Gasteiger partial charge in [-0.2, -0.15) is 0 Å². The van der Waals surface area contributed by atoms with E-state index in [4.69, 9.17) is 0 Å². The minimum Gasteiger partial charge on any atom is -0.307 e. The first kappa shape index (κ1) is 12.6. The van der Waals surface area contributed by atoms with Crippen LogP contribution in [0.1, 0.15) is 44.2 Å². The SMILES string of the molecule is CC(NC(c1ccccc1)C1CC1)C1CC2C=CC1C2. The van der Waals surface area contributed by atoms with E-state index in [1.165, 1.54) is 31.2 Å². The van der Waals surface area contributed by atoms with Crippen LogP contribution in [0.5, 0.6) is 0 Å². The number of hydrogen-bond acceptors (Lipinski definition) is 1. The molecule has 106 valence electrons. The zero-order valence-corrected chi connectivity index (χ0v) is 12.3. The Morgan fingerprint density at radius 2 is 1.85 bits per heavy atom. The van der Waals surface area contributed by atoms with Crippen molar-refractivity contribution in [1.82, 2.24) is 5.32 Å². The number of rotatable bonds is 5. The fourth-order valence-electron chi connectivity index (χ4n) is 4.40. The molecule has 3 aliphatic rings. The summed E-state index contributed by atoms with van der Waals surface area (Å²) < 4.78 is 0. The molecule has 1 nitrogen and oxygen atoms in total. The van der Waals surface area contributed by atoms with Gasteiger partial charge in [0, 0.05) is 12.1 Å². The maximum absolute atomic E-state index is 3.99. The monoisotopic (exact) mass is 267 g/mol. The molecule has 1 N–H and O–H groups in total. The molecule has 1 aromatic rings. The summed E-state index contributed by atoms with van der Waals surface area (Å²) in [6.45, 7) is 2.41. The molecule has 2 fully saturated rings. The average molecular weight is 267 g/mol. The molecule has 1 aromatic carbocycles. The highest BCUT2D eigenvalue weighted by Crippen LogP contribution is 2.46. The van der Waals surface area contributed by atoms with Gasteiger partial charge in [0.25, 0.3) is 0 Å². The lowest BCUT2D eigenvalue weighted by molar-refractivity contribution is 0.290. The van der Waals surface area contributed by atoms with Crippen molar-refractivity contribution in [3.05, 3.63) is 48.0 Å². The molecule has 20 heavy (non-hydrogen) atoms. The van der Waals surface area contributed by atoms with E-state index in [0.29, 0.717) is 12.1 Å². The molecule has 0 radical (unpaired) electrons. The van der Waals surface area contributed by atoms with Crippen LogP contribution in [0.4, 0.5) is 0 Å². The molecule has 5 atom stereocenters. The van der Waals surface area contributed by atoms with Gasteiger partial charge in [-0.25, -0.2) is 0 Å². The minimum atomic E-state index is 0.578. The van der Waals surface area contributed by atoms with Gasteiger partial charge in [-0.3, -0.25) is 0 Å². The first-order valence-corrected chi connectivity index (χ1v) is 8.30. The molecule has 0 aliphatic heterocycles. The second-order valence-corrected chi connectivity index (χ2v) is 7.13. The normalized spacial score (nSPS) is 34.4. The Morgan fingerprint density at radius 1 is 1.05 bits per heavy atom. The van der Waals surface area contributed by atoms with Crippen LogP contribution in [0, 0.1) is 23.7 Å². The van der Waals surface area contributed by atoms with Gasteiger partial charge in [-0.15, -0.1) is 0 Å². The van der Waals surface area contributed by atoms with Gasteiger partial charge < -0.3 is 5.32 Å². The lowest BCUT2D eigenvalue weighted by atomic mass is 9.86. The van der Waals surface area contributed by atoms with Crippen LogP contribution in [-0.4, -0.2) is 6.04 Å². The molecule has 2 bridgehead atoms. The fourth-order valence-corrected chi connectivity index (χ4v) is 4.40. The Balaban J connectivity index is 1.47. The van der Waals surface area contributed by atoms with Crippen molar-refractivity contribution in [3.8, 4) is 0 Å². The van der Waals surface area contributed by atoms with E-state index in [1.807, 2.05) is 0 Å². The van der Waals surface area contributed by atoms with Crippen molar-refractivity contribution >= 4 is 0 Å². The van der Waals surface area contributed by atoms with Gasteiger partial charge in [-0.05, 0) is 61.8 Å². The summed E-state index contributed by atoms with van der Waals surface area (Å²) in [7, 11) is 0. The molecular formula is C19H25N. The lowest BCUT2D eigenvalue weighted by Gasteiger charge is -2.31. The summed E-state index contributed by atoms with van der Waals surface area (Å²) in [6, 6.07) is 12.3. The molecular weight excluding hydrogens is 242 g/mol. The third-order valence-corrected chi connectivity index (χ3v) is 5.67. The molecule has 5 unspecified atom stereocenters. The van der Waals surface area contributed by atoms with Crippen molar-refractivity contribution in [1.29, 1.82) is 0 Å². The van der Waals surface area contributed by atoms with Crippen LogP contribution in [-0.2, 0) is 0 Å². The van der Waals surface area contributed by atoms with Crippen LogP contribution < -0.4 is 5.32 Å². The van der Waals surface area contributed by atoms with E-state index in [1.54, 1.807) is 0 Å². The van der Waals surface area contributed by atoms with E-state index in [0.717, 1.165) is 23.7 Å². The molecule has 0 saturated heterocycles. The predicted octanol–water partition coefficient (Wildman–Crippen LogP) is 4.33. The lowest BCUT2D eigenvalue weighted by Crippen LogP contribution is -2.38. The van der Waals surface area contributed by atoms with Crippen molar-refractivity contribution in [3.63, 3.8) is 0 Å². The van der Waals surface area contributed by atoms with Crippen LogP contribution >= 0.6 is 0 Å². The summed E-state index contributed by atoms with van der Waals surface area (Å²) in [5, 5.41) is 3.99. The van der Waals surface area contributed by atoms with E-state index >= 15 is 0 Å². The first-order chi connectivity index (χ1) is 9.81. The zero-order valence-electron chi connectivity index (χ0n) is 12.3. The Morgan fingerprint density at radius 3 is 2.45 bits per heavy atom. The molecule has 0 heterocycles.